The molecule has 34 heavy (non-hydrogen) atoms. The second-order valence-electron chi connectivity index (χ2n) is 8.76. The third-order valence-electron chi connectivity index (χ3n) is 6.55. The summed E-state index contributed by atoms with van der Waals surface area (Å²) in [5, 5.41) is 0. The van der Waals surface area contributed by atoms with Gasteiger partial charge in [0.1, 0.15) is 0 Å². The number of carbonyl (C=O) groups is 2. The van der Waals surface area contributed by atoms with Crippen LogP contribution < -0.4 is 0 Å². The van der Waals surface area contributed by atoms with Crippen LogP contribution in [0.5, 0.6) is 0 Å². The first-order chi connectivity index (χ1) is 16.2. The van der Waals surface area contributed by atoms with Crippen molar-refractivity contribution in [1.29, 1.82) is 0 Å². The van der Waals surface area contributed by atoms with Gasteiger partial charge in [0.25, 0.3) is 0 Å². The normalized spacial score (nSPS) is 19.3. The molecule has 0 spiro atoms. The summed E-state index contributed by atoms with van der Waals surface area (Å²) in [7, 11) is -1.61. The minimum Gasteiger partial charge on any atom is -0.322 e. The summed E-state index contributed by atoms with van der Waals surface area (Å²) in [4.78, 5) is 30.0. The monoisotopic (exact) mass is 476 g/mol. The Hall–Kier alpha value is -3.45. The van der Waals surface area contributed by atoms with Crippen LogP contribution in [-0.4, -0.2) is 49.5 Å². The fraction of sp³-hybridized carbons (Fsp3) is 0.259. The average molecular weight is 477 g/mol. The van der Waals surface area contributed by atoms with Gasteiger partial charge in [0.05, 0.1) is 17.0 Å². The number of benzene rings is 3. The molecule has 1 unspecified atom stereocenters. The Morgan fingerprint density at radius 2 is 1.41 bits per heavy atom. The molecule has 3 amide bonds. The summed E-state index contributed by atoms with van der Waals surface area (Å²) in [5.41, 5.74) is 2.65. The van der Waals surface area contributed by atoms with E-state index in [1.165, 1.54) is 11.2 Å². The second kappa shape index (κ2) is 9.43. The van der Waals surface area contributed by atoms with Crippen LogP contribution in [0.3, 0.4) is 0 Å². The molecule has 3 aromatic carbocycles. The molecule has 0 saturated carbocycles. The van der Waals surface area contributed by atoms with Gasteiger partial charge in [-0.05, 0) is 35.7 Å². The van der Waals surface area contributed by atoms with Gasteiger partial charge in [-0.3, -0.25) is 9.69 Å². The number of hydrogen-bond acceptors (Lipinski definition) is 4. The lowest BCUT2D eigenvalue weighted by atomic mass is 9.88. The smallest absolute Gasteiger partial charge is 0.322 e. The molecule has 176 valence electrons. The van der Waals surface area contributed by atoms with Gasteiger partial charge in [-0.1, -0.05) is 72.8 Å². The molecule has 3 atom stereocenters. The van der Waals surface area contributed by atoms with E-state index in [4.69, 9.17) is 0 Å². The third kappa shape index (κ3) is 4.61. The zero-order valence-electron chi connectivity index (χ0n) is 19.5. The van der Waals surface area contributed by atoms with E-state index in [9.17, 15) is 18.0 Å². The van der Waals surface area contributed by atoms with Gasteiger partial charge in [-0.25, -0.2) is 13.2 Å². The fourth-order valence-electron chi connectivity index (χ4n) is 4.56. The van der Waals surface area contributed by atoms with Crippen LogP contribution in [0.2, 0.25) is 0 Å². The molecular formula is C27H28N2O4S. The summed E-state index contributed by atoms with van der Waals surface area (Å²) in [5.74, 6) is -0.594. The van der Waals surface area contributed by atoms with Crippen molar-refractivity contribution in [3.05, 3.63) is 102 Å². The van der Waals surface area contributed by atoms with E-state index >= 15 is 0 Å². The van der Waals surface area contributed by atoms with E-state index in [2.05, 4.69) is 0 Å². The molecule has 1 aliphatic heterocycles. The predicted molar refractivity (Wildman–Crippen MR) is 131 cm³/mol. The summed E-state index contributed by atoms with van der Waals surface area (Å²) in [6, 6.07) is 25.0. The lowest BCUT2D eigenvalue weighted by molar-refractivity contribution is -0.129. The maximum atomic E-state index is 13.7. The standard InChI is InChI=1S/C27H28N2O4S/c1-19-26(22-12-8-5-9-13-22)29(27(31)28(19)2)25(30)18-24(20-10-6-4-7-11-20)21-14-16-23(17-15-21)34(3,32)33/h4-17,19,24,26H,18H2,1-3H3/t19-,24?,26-/m0/s1. The molecule has 0 bridgehead atoms. The SMILES string of the molecule is C[C@H]1[C@@H](c2ccccc2)N(C(=O)CC(c2ccccc2)c2ccc(S(C)(=O)=O)cc2)C(=O)N1C. The predicted octanol–water partition coefficient (Wildman–Crippen LogP) is 4.64. The molecule has 0 radical (unpaired) electrons. The second-order valence-corrected chi connectivity index (χ2v) is 10.8. The Bertz CT molecular complexity index is 1280. The van der Waals surface area contributed by atoms with Crippen molar-refractivity contribution in [2.75, 3.05) is 13.3 Å². The quantitative estimate of drug-likeness (QED) is 0.520. The van der Waals surface area contributed by atoms with E-state index in [0.717, 1.165) is 16.7 Å². The number of urea groups is 1. The molecule has 0 aromatic heterocycles. The maximum absolute atomic E-state index is 13.7. The first kappa shape index (κ1) is 23.7. The first-order valence-corrected chi connectivity index (χ1v) is 13.1. The number of sulfone groups is 1. The summed E-state index contributed by atoms with van der Waals surface area (Å²) in [6.07, 6.45) is 1.25. The maximum Gasteiger partial charge on any atom is 0.327 e. The van der Waals surface area contributed by atoms with Crippen molar-refractivity contribution in [2.45, 2.75) is 36.2 Å². The van der Waals surface area contributed by atoms with Crippen LogP contribution >= 0.6 is 0 Å². The van der Waals surface area contributed by atoms with Crippen molar-refractivity contribution in [1.82, 2.24) is 9.80 Å². The Morgan fingerprint density at radius 1 is 0.882 bits per heavy atom. The van der Waals surface area contributed by atoms with Crippen molar-refractivity contribution >= 4 is 21.8 Å². The van der Waals surface area contributed by atoms with Gasteiger partial charge in [-0.15, -0.1) is 0 Å². The van der Waals surface area contributed by atoms with E-state index in [1.807, 2.05) is 67.6 Å². The largest absolute Gasteiger partial charge is 0.327 e. The highest BCUT2D eigenvalue weighted by atomic mass is 32.2. The van der Waals surface area contributed by atoms with Gasteiger partial charge in [-0.2, -0.15) is 0 Å². The number of nitrogens with zero attached hydrogens (tertiary/aromatic N) is 2. The molecule has 3 aromatic rings. The van der Waals surface area contributed by atoms with Crippen molar-refractivity contribution < 1.29 is 18.0 Å². The highest BCUT2D eigenvalue weighted by Crippen LogP contribution is 2.37. The van der Waals surface area contributed by atoms with Crippen LogP contribution in [-0.2, 0) is 14.6 Å². The lowest BCUT2D eigenvalue weighted by Gasteiger charge is -2.26. The summed E-state index contributed by atoms with van der Waals surface area (Å²) < 4.78 is 23.8. The van der Waals surface area contributed by atoms with Crippen LogP contribution in [0, 0.1) is 0 Å². The minimum absolute atomic E-state index is 0.0812. The van der Waals surface area contributed by atoms with Crippen LogP contribution in [0.4, 0.5) is 4.79 Å². The molecule has 0 N–H and O–H groups in total. The van der Waals surface area contributed by atoms with E-state index in [1.54, 1.807) is 36.2 Å². The number of rotatable bonds is 6. The molecule has 1 saturated heterocycles. The molecule has 4 rings (SSSR count). The van der Waals surface area contributed by atoms with Crippen LogP contribution in [0.1, 0.15) is 42.0 Å². The molecular weight excluding hydrogens is 448 g/mol. The summed E-state index contributed by atoms with van der Waals surface area (Å²) in [6.45, 7) is 1.95. The van der Waals surface area contributed by atoms with E-state index in [0.29, 0.717) is 0 Å². The van der Waals surface area contributed by atoms with Gasteiger partial charge in [0.15, 0.2) is 9.84 Å². The van der Waals surface area contributed by atoms with Gasteiger partial charge in [0, 0.05) is 25.6 Å². The van der Waals surface area contributed by atoms with Crippen molar-refractivity contribution in [3.8, 4) is 0 Å². The number of imide groups is 1. The number of hydrogen-bond donors (Lipinski definition) is 0. The van der Waals surface area contributed by atoms with Crippen molar-refractivity contribution in [3.63, 3.8) is 0 Å². The zero-order valence-corrected chi connectivity index (χ0v) is 20.3. The topological polar surface area (TPSA) is 74.8 Å². The molecule has 1 heterocycles. The first-order valence-electron chi connectivity index (χ1n) is 11.2. The van der Waals surface area contributed by atoms with Crippen molar-refractivity contribution in [2.24, 2.45) is 0 Å². The molecule has 6 nitrogen and oxygen atoms in total. The molecule has 1 aliphatic rings. The Balaban J connectivity index is 1.70. The van der Waals surface area contributed by atoms with Gasteiger partial charge in [0.2, 0.25) is 5.91 Å². The highest BCUT2D eigenvalue weighted by molar-refractivity contribution is 7.90. The van der Waals surface area contributed by atoms with Crippen LogP contribution in [0.25, 0.3) is 0 Å². The Labute approximate surface area is 200 Å². The fourth-order valence-corrected chi connectivity index (χ4v) is 5.19. The molecule has 1 fully saturated rings. The molecule has 7 heteroatoms. The molecule has 0 aliphatic carbocycles. The minimum atomic E-state index is -3.33. The van der Waals surface area contributed by atoms with Gasteiger partial charge >= 0.3 is 6.03 Å². The Morgan fingerprint density at radius 3 is 1.97 bits per heavy atom. The zero-order chi connectivity index (χ0) is 24.5. The Kier molecular flexibility index (Phi) is 6.57. The van der Waals surface area contributed by atoms with Crippen LogP contribution in [0.15, 0.2) is 89.8 Å². The number of amides is 3. The van der Waals surface area contributed by atoms with E-state index < -0.39 is 9.84 Å². The lowest BCUT2D eigenvalue weighted by Crippen LogP contribution is -2.37. The average Bonchev–Trinajstić information content (AvgIpc) is 3.07. The van der Waals surface area contributed by atoms with Gasteiger partial charge < -0.3 is 4.90 Å². The third-order valence-corrected chi connectivity index (χ3v) is 7.68. The summed E-state index contributed by atoms with van der Waals surface area (Å²) >= 11 is 0. The van der Waals surface area contributed by atoms with E-state index in [-0.39, 0.29) is 41.3 Å². The number of likely N-dealkylation sites (N-methyl/N-ethyl adjacent to an activating group) is 1. The number of carbonyl (C=O) groups excluding carboxylic acids is 2. The highest BCUT2D eigenvalue weighted by Gasteiger charge is 2.45.